The SMILES string of the molecule is NC(=S)c1cc(Cl)ccc1Nc1ccccc1SC(F)F. The third-order valence-electron chi connectivity index (χ3n) is 2.62. The summed E-state index contributed by atoms with van der Waals surface area (Å²) in [6, 6.07) is 11.8. The van der Waals surface area contributed by atoms with Crippen LogP contribution in [-0.2, 0) is 0 Å². The molecule has 21 heavy (non-hydrogen) atoms. The van der Waals surface area contributed by atoms with Crippen LogP contribution in [0.25, 0.3) is 0 Å². The molecule has 0 heterocycles. The van der Waals surface area contributed by atoms with Crippen LogP contribution in [-0.4, -0.2) is 10.7 Å². The Morgan fingerprint density at radius 3 is 2.57 bits per heavy atom. The molecule has 0 atom stereocenters. The molecule has 0 amide bonds. The number of para-hydroxylation sites is 1. The number of anilines is 2. The molecular formula is C14H11ClF2N2S2. The van der Waals surface area contributed by atoms with E-state index in [0.717, 1.165) is 0 Å². The smallest absolute Gasteiger partial charge is 0.288 e. The largest absolute Gasteiger partial charge is 0.389 e. The second-order valence-electron chi connectivity index (χ2n) is 4.05. The molecular weight excluding hydrogens is 334 g/mol. The zero-order chi connectivity index (χ0) is 15.4. The Balaban J connectivity index is 2.37. The fraction of sp³-hybridized carbons (Fsp3) is 0.0714. The van der Waals surface area contributed by atoms with E-state index in [4.69, 9.17) is 29.6 Å². The number of benzene rings is 2. The van der Waals surface area contributed by atoms with Crippen LogP contribution in [0, 0.1) is 0 Å². The van der Waals surface area contributed by atoms with Crippen molar-refractivity contribution in [3.8, 4) is 0 Å². The number of alkyl halides is 2. The number of halogens is 3. The Morgan fingerprint density at radius 2 is 1.90 bits per heavy atom. The molecule has 0 saturated heterocycles. The van der Waals surface area contributed by atoms with Gasteiger partial charge in [-0.3, -0.25) is 0 Å². The first kappa shape index (κ1) is 16.0. The summed E-state index contributed by atoms with van der Waals surface area (Å²) in [6.07, 6.45) is 0. The highest BCUT2D eigenvalue weighted by Crippen LogP contribution is 2.34. The Morgan fingerprint density at radius 1 is 1.19 bits per heavy atom. The molecule has 7 heteroatoms. The molecule has 2 rings (SSSR count). The summed E-state index contributed by atoms with van der Waals surface area (Å²) in [6.45, 7) is 0. The number of hydrogen-bond donors (Lipinski definition) is 2. The van der Waals surface area contributed by atoms with E-state index in [1.807, 2.05) is 0 Å². The van der Waals surface area contributed by atoms with Crippen molar-refractivity contribution in [2.45, 2.75) is 10.7 Å². The number of rotatable bonds is 5. The minimum Gasteiger partial charge on any atom is -0.389 e. The third kappa shape index (κ3) is 4.30. The lowest BCUT2D eigenvalue weighted by Crippen LogP contribution is -2.12. The standard InChI is InChI=1S/C14H11ClF2N2S2/c15-8-5-6-10(9(7-8)13(18)20)19-11-3-1-2-4-12(11)21-14(16)17/h1-7,14,19H,(H2,18,20). The van der Waals surface area contributed by atoms with Gasteiger partial charge in [-0.2, -0.15) is 8.78 Å². The topological polar surface area (TPSA) is 38.0 Å². The first-order chi connectivity index (χ1) is 9.97. The maximum absolute atomic E-state index is 12.6. The van der Waals surface area contributed by atoms with E-state index in [1.54, 1.807) is 42.5 Å². The first-order valence-electron chi connectivity index (χ1n) is 5.87. The molecule has 0 saturated carbocycles. The van der Waals surface area contributed by atoms with Crippen molar-refractivity contribution >= 4 is 51.9 Å². The first-order valence-corrected chi connectivity index (χ1v) is 7.54. The summed E-state index contributed by atoms with van der Waals surface area (Å²) in [7, 11) is 0. The molecule has 3 N–H and O–H groups in total. The normalized spacial score (nSPS) is 10.7. The number of nitrogens with one attached hydrogen (secondary N) is 1. The van der Waals surface area contributed by atoms with Crippen LogP contribution in [0.15, 0.2) is 47.4 Å². The quantitative estimate of drug-likeness (QED) is 0.589. The lowest BCUT2D eigenvalue weighted by molar-refractivity contribution is 0.252. The van der Waals surface area contributed by atoms with Gasteiger partial charge in [0.15, 0.2) is 0 Å². The van der Waals surface area contributed by atoms with E-state index in [0.29, 0.717) is 38.6 Å². The molecule has 0 unspecified atom stereocenters. The van der Waals surface area contributed by atoms with Crippen LogP contribution in [0.5, 0.6) is 0 Å². The molecule has 2 aromatic rings. The van der Waals surface area contributed by atoms with Crippen LogP contribution >= 0.6 is 35.6 Å². The van der Waals surface area contributed by atoms with Gasteiger partial charge < -0.3 is 11.1 Å². The highest BCUT2D eigenvalue weighted by atomic mass is 35.5. The summed E-state index contributed by atoms with van der Waals surface area (Å²) >= 11 is 11.4. The van der Waals surface area contributed by atoms with E-state index in [2.05, 4.69) is 5.32 Å². The Kier molecular flexibility index (Phi) is 5.39. The second-order valence-corrected chi connectivity index (χ2v) is 5.96. The van der Waals surface area contributed by atoms with E-state index in [-0.39, 0.29) is 4.99 Å². The molecule has 110 valence electrons. The molecule has 2 aromatic carbocycles. The molecule has 0 spiro atoms. The Hall–Kier alpha value is -1.37. The number of thiocarbonyl (C=S) groups is 1. The van der Waals surface area contributed by atoms with E-state index in [9.17, 15) is 8.78 Å². The highest BCUT2D eigenvalue weighted by molar-refractivity contribution is 7.99. The van der Waals surface area contributed by atoms with Crippen molar-refractivity contribution in [3.05, 3.63) is 53.1 Å². The lowest BCUT2D eigenvalue weighted by Gasteiger charge is -2.14. The van der Waals surface area contributed by atoms with Gasteiger partial charge in [-0.1, -0.05) is 47.7 Å². The predicted molar refractivity (Wildman–Crippen MR) is 88.9 cm³/mol. The summed E-state index contributed by atoms with van der Waals surface area (Å²) in [5.41, 5.74) is 7.41. The molecule has 0 fully saturated rings. The minimum atomic E-state index is -2.49. The monoisotopic (exact) mass is 344 g/mol. The van der Waals surface area contributed by atoms with Gasteiger partial charge in [0.2, 0.25) is 0 Å². The number of hydrogen-bond acceptors (Lipinski definition) is 3. The van der Waals surface area contributed by atoms with Gasteiger partial charge in [0.25, 0.3) is 5.76 Å². The minimum absolute atomic E-state index is 0.180. The molecule has 0 radical (unpaired) electrons. The van der Waals surface area contributed by atoms with Crippen molar-refractivity contribution in [1.29, 1.82) is 0 Å². The van der Waals surface area contributed by atoms with Gasteiger partial charge in [0.05, 0.1) is 5.69 Å². The van der Waals surface area contributed by atoms with Gasteiger partial charge in [-0.15, -0.1) is 0 Å². The van der Waals surface area contributed by atoms with Crippen LogP contribution in [0.4, 0.5) is 20.2 Å². The predicted octanol–water partition coefficient (Wildman–Crippen LogP) is 5.03. The van der Waals surface area contributed by atoms with Crippen LogP contribution in [0.1, 0.15) is 5.56 Å². The van der Waals surface area contributed by atoms with Crippen molar-refractivity contribution in [2.24, 2.45) is 5.73 Å². The van der Waals surface area contributed by atoms with Gasteiger partial charge in [-0.05, 0) is 30.3 Å². The van der Waals surface area contributed by atoms with Crippen LogP contribution < -0.4 is 11.1 Å². The lowest BCUT2D eigenvalue weighted by atomic mass is 10.1. The summed E-state index contributed by atoms with van der Waals surface area (Å²) in [5.74, 6) is -2.49. The fourth-order valence-corrected chi connectivity index (χ4v) is 2.68. The molecule has 0 bridgehead atoms. The number of nitrogens with two attached hydrogens (primary N) is 1. The maximum Gasteiger partial charge on any atom is 0.288 e. The summed E-state index contributed by atoms with van der Waals surface area (Å²) < 4.78 is 25.2. The van der Waals surface area contributed by atoms with E-state index < -0.39 is 5.76 Å². The molecule has 0 aliphatic carbocycles. The molecule has 0 aromatic heterocycles. The Bertz CT molecular complexity index is 665. The van der Waals surface area contributed by atoms with Crippen LogP contribution in [0.3, 0.4) is 0 Å². The fourth-order valence-electron chi connectivity index (χ4n) is 1.74. The zero-order valence-electron chi connectivity index (χ0n) is 10.6. The second kappa shape index (κ2) is 7.06. The Labute approximate surface area is 135 Å². The van der Waals surface area contributed by atoms with Crippen molar-refractivity contribution in [3.63, 3.8) is 0 Å². The van der Waals surface area contributed by atoms with E-state index in [1.165, 1.54) is 0 Å². The molecule has 2 nitrogen and oxygen atoms in total. The number of thioether (sulfide) groups is 1. The van der Waals surface area contributed by atoms with Gasteiger partial charge in [0, 0.05) is 21.2 Å². The molecule has 0 aliphatic rings. The summed E-state index contributed by atoms with van der Waals surface area (Å²) in [5, 5.41) is 3.57. The summed E-state index contributed by atoms with van der Waals surface area (Å²) in [4.78, 5) is 0.621. The van der Waals surface area contributed by atoms with Gasteiger partial charge >= 0.3 is 0 Å². The average molecular weight is 345 g/mol. The maximum atomic E-state index is 12.6. The van der Waals surface area contributed by atoms with E-state index >= 15 is 0 Å². The molecule has 0 aliphatic heterocycles. The highest BCUT2D eigenvalue weighted by Gasteiger charge is 2.12. The average Bonchev–Trinajstić information content (AvgIpc) is 2.42. The third-order valence-corrected chi connectivity index (χ3v) is 3.86. The zero-order valence-corrected chi connectivity index (χ0v) is 13.0. The van der Waals surface area contributed by atoms with Gasteiger partial charge in [0.1, 0.15) is 4.99 Å². The van der Waals surface area contributed by atoms with Crippen molar-refractivity contribution in [1.82, 2.24) is 0 Å². The van der Waals surface area contributed by atoms with Crippen molar-refractivity contribution in [2.75, 3.05) is 5.32 Å². The van der Waals surface area contributed by atoms with Crippen LogP contribution in [0.2, 0.25) is 5.02 Å². The van der Waals surface area contributed by atoms with Crippen molar-refractivity contribution < 1.29 is 8.78 Å². The van der Waals surface area contributed by atoms with Gasteiger partial charge in [-0.25, -0.2) is 0 Å².